The zero-order valence-corrected chi connectivity index (χ0v) is 16.2. The number of oxazole rings is 1. The molecule has 5 aromatic rings. The third kappa shape index (κ3) is 2.88. The second-order valence-corrected chi connectivity index (χ2v) is 6.97. The molecule has 148 valence electrons. The molecular weight excluding hydrogens is 380 g/mol. The fraction of sp³-hybridized carbons (Fsp3) is 0.0870. The van der Waals surface area contributed by atoms with Gasteiger partial charge in [-0.25, -0.2) is 4.79 Å². The average molecular weight is 398 g/mol. The summed E-state index contributed by atoms with van der Waals surface area (Å²) >= 11 is 0. The van der Waals surface area contributed by atoms with E-state index in [0.717, 1.165) is 11.1 Å². The van der Waals surface area contributed by atoms with Gasteiger partial charge in [0.1, 0.15) is 0 Å². The quantitative estimate of drug-likeness (QED) is 0.465. The summed E-state index contributed by atoms with van der Waals surface area (Å²) in [6.07, 6.45) is 5.41. The van der Waals surface area contributed by atoms with E-state index in [-0.39, 0.29) is 12.4 Å². The molecule has 0 radical (unpaired) electrons. The van der Waals surface area contributed by atoms with Gasteiger partial charge in [-0.15, -0.1) is 0 Å². The predicted molar refractivity (Wildman–Crippen MR) is 115 cm³/mol. The van der Waals surface area contributed by atoms with Crippen LogP contribution in [0.5, 0.6) is 0 Å². The van der Waals surface area contributed by atoms with Crippen molar-refractivity contribution in [1.29, 1.82) is 0 Å². The van der Waals surface area contributed by atoms with E-state index in [1.54, 1.807) is 23.7 Å². The Morgan fingerprint density at radius 1 is 1.00 bits per heavy atom. The standard InChI is InChI=1S/C23H18N4O3/c1-25-20-19(27-15-18(30-22(27)24-20)17-12-6-3-7-13-17)21(28)26(23(25)29)14-8-11-16-9-4-2-5-10-16/h2-13,15H,14H2,1H3. The van der Waals surface area contributed by atoms with E-state index in [0.29, 0.717) is 16.9 Å². The molecular formula is C23H18N4O3. The van der Waals surface area contributed by atoms with Crippen LogP contribution in [0.15, 0.2) is 86.9 Å². The van der Waals surface area contributed by atoms with E-state index < -0.39 is 11.2 Å². The van der Waals surface area contributed by atoms with Crippen LogP contribution in [0.4, 0.5) is 0 Å². The van der Waals surface area contributed by atoms with Crippen LogP contribution in [0.25, 0.3) is 34.4 Å². The fourth-order valence-corrected chi connectivity index (χ4v) is 3.51. The average Bonchev–Trinajstić information content (AvgIpc) is 3.34. The largest absolute Gasteiger partial charge is 0.423 e. The van der Waals surface area contributed by atoms with Crippen LogP contribution >= 0.6 is 0 Å². The fourth-order valence-electron chi connectivity index (χ4n) is 3.51. The van der Waals surface area contributed by atoms with E-state index in [2.05, 4.69) is 4.98 Å². The van der Waals surface area contributed by atoms with Crippen LogP contribution in [0.2, 0.25) is 0 Å². The van der Waals surface area contributed by atoms with Crippen LogP contribution in [0.3, 0.4) is 0 Å². The molecule has 7 heteroatoms. The number of aromatic nitrogens is 4. The van der Waals surface area contributed by atoms with Crippen LogP contribution in [0.1, 0.15) is 5.56 Å². The zero-order valence-electron chi connectivity index (χ0n) is 16.2. The Bertz CT molecular complexity index is 1500. The molecule has 2 aromatic carbocycles. The maximum absolute atomic E-state index is 13.2. The summed E-state index contributed by atoms with van der Waals surface area (Å²) in [7, 11) is 1.60. The van der Waals surface area contributed by atoms with Crippen LogP contribution in [-0.4, -0.2) is 18.5 Å². The van der Waals surface area contributed by atoms with Crippen LogP contribution < -0.4 is 11.2 Å². The third-order valence-corrected chi connectivity index (χ3v) is 5.05. The molecule has 0 bridgehead atoms. The Kier molecular flexibility index (Phi) is 4.21. The highest BCUT2D eigenvalue weighted by atomic mass is 16.4. The summed E-state index contributed by atoms with van der Waals surface area (Å²) in [5, 5.41) is 0. The highest BCUT2D eigenvalue weighted by molar-refractivity contribution is 5.76. The summed E-state index contributed by atoms with van der Waals surface area (Å²) < 4.78 is 10.0. The molecule has 0 aliphatic rings. The van der Waals surface area contributed by atoms with Crippen molar-refractivity contribution >= 4 is 23.1 Å². The Balaban J connectivity index is 1.64. The van der Waals surface area contributed by atoms with Crippen molar-refractivity contribution in [3.8, 4) is 11.3 Å². The molecule has 0 spiro atoms. The molecule has 3 aromatic heterocycles. The maximum atomic E-state index is 13.2. The number of hydrogen-bond acceptors (Lipinski definition) is 4. The summed E-state index contributed by atoms with van der Waals surface area (Å²) in [4.78, 5) is 30.3. The lowest BCUT2D eigenvalue weighted by molar-refractivity contribution is 0.610. The first kappa shape index (κ1) is 17.9. The van der Waals surface area contributed by atoms with E-state index in [4.69, 9.17) is 4.42 Å². The lowest BCUT2D eigenvalue weighted by Gasteiger charge is -2.05. The topological polar surface area (TPSA) is 74.4 Å². The van der Waals surface area contributed by atoms with Gasteiger partial charge in [0.05, 0.1) is 6.20 Å². The van der Waals surface area contributed by atoms with Crippen molar-refractivity contribution < 1.29 is 4.42 Å². The van der Waals surface area contributed by atoms with E-state index in [9.17, 15) is 9.59 Å². The van der Waals surface area contributed by atoms with Gasteiger partial charge in [-0.3, -0.25) is 18.3 Å². The van der Waals surface area contributed by atoms with Gasteiger partial charge in [0, 0.05) is 19.2 Å². The third-order valence-electron chi connectivity index (χ3n) is 5.05. The van der Waals surface area contributed by atoms with Gasteiger partial charge in [-0.1, -0.05) is 72.8 Å². The Morgan fingerprint density at radius 3 is 2.43 bits per heavy atom. The Labute approximate surface area is 170 Å². The van der Waals surface area contributed by atoms with E-state index in [1.807, 2.05) is 66.7 Å². The molecule has 0 amide bonds. The number of nitrogens with zero attached hydrogens (tertiary/aromatic N) is 4. The number of fused-ring (bicyclic) bond motifs is 3. The highest BCUT2D eigenvalue weighted by Gasteiger charge is 2.19. The molecule has 0 saturated carbocycles. The van der Waals surface area contributed by atoms with Gasteiger partial charge in [-0.05, 0) is 5.56 Å². The number of benzene rings is 2. The first-order valence-corrected chi connectivity index (χ1v) is 9.52. The van der Waals surface area contributed by atoms with E-state index >= 15 is 0 Å². The lowest BCUT2D eigenvalue weighted by Crippen LogP contribution is -2.39. The van der Waals surface area contributed by atoms with E-state index in [1.165, 1.54) is 9.13 Å². The van der Waals surface area contributed by atoms with Gasteiger partial charge in [0.15, 0.2) is 16.9 Å². The van der Waals surface area contributed by atoms with Crippen molar-refractivity contribution in [2.24, 2.45) is 7.05 Å². The van der Waals surface area contributed by atoms with Crippen molar-refractivity contribution in [3.05, 3.63) is 99.3 Å². The van der Waals surface area contributed by atoms with Gasteiger partial charge in [-0.2, -0.15) is 4.98 Å². The second kappa shape index (κ2) is 7.04. The van der Waals surface area contributed by atoms with Crippen molar-refractivity contribution in [2.45, 2.75) is 6.54 Å². The first-order chi connectivity index (χ1) is 14.6. The smallest absolute Gasteiger partial charge is 0.332 e. The number of rotatable bonds is 4. The van der Waals surface area contributed by atoms with Crippen LogP contribution in [0, 0.1) is 0 Å². The molecule has 0 fully saturated rings. The van der Waals surface area contributed by atoms with Crippen molar-refractivity contribution in [3.63, 3.8) is 0 Å². The number of allylic oxidation sites excluding steroid dienone is 1. The first-order valence-electron chi connectivity index (χ1n) is 9.52. The molecule has 30 heavy (non-hydrogen) atoms. The van der Waals surface area contributed by atoms with Crippen LogP contribution in [-0.2, 0) is 13.6 Å². The summed E-state index contributed by atoms with van der Waals surface area (Å²) in [6, 6.07) is 19.3. The molecule has 0 saturated heterocycles. The number of hydrogen-bond donors (Lipinski definition) is 0. The monoisotopic (exact) mass is 398 g/mol. The Hall–Kier alpha value is -4.13. The van der Waals surface area contributed by atoms with Gasteiger partial charge in [0.25, 0.3) is 5.56 Å². The van der Waals surface area contributed by atoms with Gasteiger partial charge < -0.3 is 4.42 Å². The minimum Gasteiger partial charge on any atom is -0.423 e. The molecule has 3 heterocycles. The molecule has 0 aliphatic carbocycles. The molecule has 0 unspecified atom stereocenters. The number of imidazole rings is 1. The number of aryl methyl sites for hydroxylation is 1. The maximum Gasteiger partial charge on any atom is 0.332 e. The zero-order chi connectivity index (χ0) is 20.7. The van der Waals surface area contributed by atoms with Gasteiger partial charge in [0.2, 0.25) is 0 Å². The van der Waals surface area contributed by atoms with Crippen molar-refractivity contribution in [1.82, 2.24) is 18.5 Å². The summed E-state index contributed by atoms with van der Waals surface area (Å²) in [5.74, 6) is 0.873. The molecule has 7 nitrogen and oxygen atoms in total. The highest BCUT2D eigenvalue weighted by Crippen LogP contribution is 2.24. The van der Waals surface area contributed by atoms with Crippen molar-refractivity contribution in [2.75, 3.05) is 0 Å². The lowest BCUT2D eigenvalue weighted by atomic mass is 10.2. The van der Waals surface area contributed by atoms with Gasteiger partial charge >= 0.3 is 11.5 Å². The molecule has 0 aliphatic heterocycles. The second-order valence-electron chi connectivity index (χ2n) is 6.97. The predicted octanol–water partition coefficient (Wildman–Crippen LogP) is 3.32. The minimum atomic E-state index is -0.422. The molecule has 0 atom stereocenters. The summed E-state index contributed by atoms with van der Waals surface area (Å²) in [6.45, 7) is 0.160. The Morgan fingerprint density at radius 2 is 1.70 bits per heavy atom. The normalized spacial score (nSPS) is 11.8. The molecule has 5 rings (SSSR count). The SMILES string of the molecule is Cn1c(=O)n(CC=Cc2ccccc2)c(=O)c2c1nc1oc(-c3ccccc3)cn12. The molecule has 0 N–H and O–H groups in total. The summed E-state index contributed by atoms with van der Waals surface area (Å²) in [5.41, 5.74) is 1.66. The minimum absolute atomic E-state index is 0.160.